The van der Waals surface area contributed by atoms with Crippen molar-refractivity contribution >= 4 is 41.5 Å². The van der Waals surface area contributed by atoms with E-state index in [9.17, 15) is 9.59 Å². The molecule has 0 saturated carbocycles. The van der Waals surface area contributed by atoms with Gasteiger partial charge in [0.1, 0.15) is 0 Å². The lowest BCUT2D eigenvalue weighted by atomic mass is 10.1. The Balaban J connectivity index is 0.00000243. The Labute approximate surface area is 162 Å². The Morgan fingerprint density at radius 1 is 1.31 bits per heavy atom. The lowest BCUT2D eigenvalue weighted by Crippen LogP contribution is -2.32. The summed E-state index contributed by atoms with van der Waals surface area (Å²) in [5, 5.41) is 13.3. The maximum atomic E-state index is 12.4. The van der Waals surface area contributed by atoms with E-state index in [0.29, 0.717) is 22.0 Å². The fraction of sp³-hybridized carbons (Fsp3) is 0.353. The largest absolute Gasteiger partial charge is 0.355 e. The number of carbonyl (C=O) groups is 2. The van der Waals surface area contributed by atoms with Crippen LogP contribution in [0.25, 0.3) is 0 Å². The number of anilines is 1. The van der Waals surface area contributed by atoms with Crippen molar-refractivity contribution in [1.82, 2.24) is 20.4 Å². The molecule has 7 nitrogen and oxygen atoms in total. The zero-order valence-electron chi connectivity index (χ0n) is 14.3. The maximum absolute atomic E-state index is 12.4. The van der Waals surface area contributed by atoms with Gasteiger partial charge in [-0.25, -0.2) is 0 Å². The van der Waals surface area contributed by atoms with Crippen LogP contribution in [0.4, 0.5) is 5.69 Å². The predicted molar refractivity (Wildman–Crippen MR) is 103 cm³/mol. The topological polar surface area (TPSA) is 88.0 Å². The molecule has 9 heteroatoms. The molecule has 1 unspecified atom stereocenters. The molecule has 1 aromatic heterocycles. The quantitative estimate of drug-likeness (QED) is 0.739. The number of nitrogens with one attached hydrogen (secondary N) is 3. The highest BCUT2D eigenvalue weighted by Crippen LogP contribution is 2.21. The minimum absolute atomic E-state index is 0. The first kappa shape index (κ1) is 20.2. The molecule has 1 fully saturated rings. The monoisotopic (exact) mass is 397 g/mol. The van der Waals surface area contributed by atoms with Crippen LogP contribution in [0.3, 0.4) is 0 Å². The fourth-order valence-electron chi connectivity index (χ4n) is 2.83. The van der Waals surface area contributed by atoms with Crippen LogP contribution < -0.4 is 16.0 Å². The number of hydrogen-bond donors (Lipinski definition) is 3. The summed E-state index contributed by atoms with van der Waals surface area (Å²) in [5.41, 5.74) is 1.13. The Hall–Kier alpha value is -2.09. The summed E-state index contributed by atoms with van der Waals surface area (Å²) in [4.78, 5) is 24.2. The van der Waals surface area contributed by atoms with Crippen LogP contribution >= 0.6 is 24.0 Å². The molecule has 3 rings (SSSR count). The summed E-state index contributed by atoms with van der Waals surface area (Å²) in [6.45, 7) is 1.88. The van der Waals surface area contributed by atoms with Gasteiger partial charge in [-0.3, -0.25) is 14.3 Å². The number of halogens is 2. The molecule has 26 heavy (non-hydrogen) atoms. The van der Waals surface area contributed by atoms with Crippen LogP contribution in [0.5, 0.6) is 0 Å². The molecular weight excluding hydrogens is 377 g/mol. The molecule has 2 heterocycles. The van der Waals surface area contributed by atoms with E-state index in [2.05, 4.69) is 21.0 Å². The SMILES string of the molecule is CNC(=O)c1cc(NC(=O)c2ccn(C3CCCNC3)n2)ccc1Cl.Cl. The third-order valence-corrected chi connectivity index (χ3v) is 4.51. The van der Waals surface area contributed by atoms with Gasteiger partial charge in [0.2, 0.25) is 0 Å². The summed E-state index contributed by atoms with van der Waals surface area (Å²) >= 11 is 6.02. The molecule has 1 saturated heterocycles. The first-order chi connectivity index (χ1) is 12.1. The van der Waals surface area contributed by atoms with Crippen molar-refractivity contribution in [2.24, 2.45) is 0 Å². The van der Waals surface area contributed by atoms with Crippen LogP contribution in [0, 0.1) is 0 Å². The molecule has 1 aromatic carbocycles. The van der Waals surface area contributed by atoms with Crippen molar-refractivity contribution in [2.75, 3.05) is 25.5 Å². The highest BCUT2D eigenvalue weighted by atomic mass is 35.5. The summed E-state index contributed by atoms with van der Waals surface area (Å²) < 4.78 is 1.83. The van der Waals surface area contributed by atoms with Crippen LogP contribution in [-0.2, 0) is 0 Å². The molecule has 0 aliphatic carbocycles. The van der Waals surface area contributed by atoms with Gasteiger partial charge in [-0.05, 0) is 43.7 Å². The van der Waals surface area contributed by atoms with E-state index in [4.69, 9.17) is 11.6 Å². The van der Waals surface area contributed by atoms with E-state index in [1.165, 1.54) is 7.05 Å². The number of amides is 2. The van der Waals surface area contributed by atoms with Crippen molar-refractivity contribution in [1.29, 1.82) is 0 Å². The normalized spacial score (nSPS) is 16.5. The molecule has 0 bridgehead atoms. The van der Waals surface area contributed by atoms with Gasteiger partial charge in [0.25, 0.3) is 11.8 Å². The number of piperidine rings is 1. The van der Waals surface area contributed by atoms with Crippen molar-refractivity contribution in [3.8, 4) is 0 Å². The van der Waals surface area contributed by atoms with E-state index in [1.807, 2.05) is 10.9 Å². The zero-order valence-corrected chi connectivity index (χ0v) is 15.9. The molecular formula is C17H21Cl2N5O2. The zero-order chi connectivity index (χ0) is 17.8. The van der Waals surface area contributed by atoms with Gasteiger partial charge in [0, 0.05) is 25.5 Å². The van der Waals surface area contributed by atoms with Crippen molar-refractivity contribution < 1.29 is 9.59 Å². The van der Waals surface area contributed by atoms with Crippen LogP contribution in [0.15, 0.2) is 30.5 Å². The predicted octanol–water partition coefficient (Wildman–Crippen LogP) is 2.49. The average Bonchev–Trinajstić information content (AvgIpc) is 3.14. The fourth-order valence-corrected chi connectivity index (χ4v) is 3.03. The third kappa shape index (κ3) is 4.55. The molecule has 0 radical (unpaired) electrons. The standard InChI is InChI=1S/C17H20ClN5O2.ClH/c1-19-16(24)13-9-11(4-5-14(13)18)21-17(25)15-6-8-23(22-15)12-3-2-7-20-10-12;/h4-6,8-9,12,20H,2-3,7,10H2,1H3,(H,19,24)(H,21,25);1H. The van der Waals surface area contributed by atoms with Gasteiger partial charge in [0.15, 0.2) is 5.69 Å². The van der Waals surface area contributed by atoms with Crippen molar-refractivity contribution in [2.45, 2.75) is 18.9 Å². The van der Waals surface area contributed by atoms with Crippen molar-refractivity contribution in [3.63, 3.8) is 0 Å². The van der Waals surface area contributed by atoms with Crippen LogP contribution in [0.1, 0.15) is 39.7 Å². The number of rotatable bonds is 4. The molecule has 2 aromatic rings. The highest BCUT2D eigenvalue weighted by Gasteiger charge is 2.18. The first-order valence-electron chi connectivity index (χ1n) is 8.17. The van der Waals surface area contributed by atoms with Crippen molar-refractivity contribution in [3.05, 3.63) is 46.7 Å². The number of benzene rings is 1. The van der Waals surface area contributed by atoms with Crippen LogP contribution in [0.2, 0.25) is 5.02 Å². The Morgan fingerprint density at radius 3 is 2.81 bits per heavy atom. The lowest BCUT2D eigenvalue weighted by Gasteiger charge is -2.22. The molecule has 0 spiro atoms. The smallest absolute Gasteiger partial charge is 0.276 e. The molecule has 140 valence electrons. The molecule has 3 N–H and O–H groups in total. The summed E-state index contributed by atoms with van der Waals surface area (Å²) in [5.74, 6) is -0.636. The molecule has 1 aliphatic heterocycles. The second kappa shape index (κ2) is 9.02. The van der Waals surface area contributed by atoms with Gasteiger partial charge >= 0.3 is 0 Å². The second-order valence-corrected chi connectivity index (χ2v) is 6.32. The third-order valence-electron chi connectivity index (χ3n) is 4.18. The first-order valence-corrected chi connectivity index (χ1v) is 8.55. The summed E-state index contributed by atoms with van der Waals surface area (Å²) in [6.07, 6.45) is 3.96. The van der Waals surface area contributed by atoms with Gasteiger partial charge < -0.3 is 16.0 Å². The number of hydrogen-bond acceptors (Lipinski definition) is 4. The van der Waals surface area contributed by atoms with Gasteiger partial charge in [-0.15, -0.1) is 12.4 Å². The number of carbonyl (C=O) groups excluding carboxylic acids is 2. The van der Waals surface area contributed by atoms with E-state index >= 15 is 0 Å². The summed E-state index contributed by atoms with van der Waals surface area (Å²) in [7, 11) is 1.52. The lowest BCUT2D eigenvalue weighted by molar-refractivity contribution is 0.0961. The van der Waals surface area contributed by atoms with Gasteiger partial charge in [0.05, 0.1) is 16.6 Å². The Kier molecular flexibility index (Phi) is 7.02. The van der Waals surface area contributed by atoms with Gasteiger partial charge in [-0.1, -0.05) is 11.6 Å². The van der Waals surface area contributed by atoms with E-state index in [0.717, 1.165) is 25.9 Å². The van der Waals surface area contributed by atoms with E-state index < -0.39 is 0 Å². The van der Waals surface area contributed by atoms with E-state index in [1.54, 1.807) is 24.3 Å². The van der Waals surface area contributed by atoms with Crippen LogP contribution in [-0.4, -0.2) is 41.7 Å². The Morgan fingerprint density at radius 2 is 2.12 bits per heavy atom. The summed E-state index contributed by atoms with van der Waals surface area (Å²) in [6, 6.07) is 6.73. The minimum Gasteiger partial charge on any atom is -0.355 e. The van der Waals surface area contributed by atoms with E-state index in [-0.39, 0.29) is 30.3 Å². The number of aromatic nitrogens is 2. The van der Waals surface area contributed by atoms with Gasteiger partial charge in [-0.2, -0.15) is 5.10 Å². The average molecular weight is 398 g/mol. The number of nitrogens with zero attached hydrogens (tertiary/aromatic N) is 2. The Bertz CT molecular complexity index is 787. The molecule has 1 atom stereocenters. The molecule has 2 amide bonds. The second-order valence-electron chi connectivity index (χ2n) is 5.91. The minimum atomic E-state index is -0.326. The maximum Gasteiger partial charge on any atom is 0.276 e. The molecule has 1 aliphatic rings. The highest BCUT2D eigenvalue weighted by molar-refractivity contribution is 6.34.